The highest BCUT2D eigenvalue weighted by Gasteiger charge is 2.18. The minimum atomic E-state index is -3.46. The zero-order valence-electron chi connectivity index (χ0n) is 14.4. The molecule has 1 aromatic carbocycles. The van der Waals surface area contributed by atoms with Crippen LogP contribution >= 0.6 is 11.6 Å². The molecular formula is C17H17ClN4O3S. The van der Waals surface area contributed by atoms with Crippen LogP contribution in [0.25, 0.3) is 10.9 Å². The van der Waals surface area contributed by atoms with E-state index in [-0.39, 0.29) is 11.1 Å². The maximum absolute atomic E-state index is 12.6. The third kappa shape index (κ3) is 3.56. The quantitative estimate of drug-likeness (QED) is 0.688. The van der Waals surface area contributed by atoms with Gasteiger partial charge in [-0.1, -0.05) is 17.7 Å². The van der Waals surface area contributed by atoms with Gasteiger partial charge in [-0.2, -0.15) is 0 Å². The standard InChI is InChI=1S/C17H17ClN4O3S/c1-10(12-8-19-17(20-9-12)26(3,24)25)21-16(23)15-6-11-4-5-13(18)7-14(11)22(15)2/h4-10H,1-3H3,(H,21,23). The van der Waals surface area contributed by atoms with Crippen molar-refractivity contribution in [2.45, 2.75) is 18.1 Å². The number of amides is 1. The third-order valence-corrected chi connectivity index (χ3v) is 5.18. The SMILES string of the molecule is CC(NC(=O)c1cc2ccc(Cl)cc2n1C)c1cnc(S(C)(=O)=O)nc1. The molecular weight excluding hydrogens is 376 g/mol. The lowest BCUT2D eigenvalue weighted by atomic mass is 10.2. The van der Waals surface area contributed by atoms with Crippen molar-refractivity contribution >= 4 is 38.2 Å². The van der Waals surface area contributed by atoms with Crippen LogP contribution in [0, 0.1) is 0 Å². The summed E-state index contributed by atoms with van der Waals surface area (Å²) in [6.45, 7) is 1.77. The molecule has 2 aromatic heterocycles. The summed E-state index contributed by atoms with van der Waals surface area (Å²) < 4.78 is 24.6. The van der Waals surface area contributed by atoms with Crippen LogP contribution in [0.4, 0.5) is 0 Å². The van der Waals surface area contributed by atoms with Gasteiger partial charge in [-0.15, -0.1) is 0 Å². The molecule has 0 aliphatic heterocycles. The van der Waals surface area contributed by atoms with Gasteiger partial charge in [0.2, 0.25) is 15.0 Å². The minimum absolute atomic E-state index is 0.245. The number of sulfone groups is 1. The summed E-state index contributed by atoms with van der Waals surface area (Å²) in [7, 11) is -1.67. The number of nitrogens with zero attached hydrogens (tertiary/aromatic N) is 3. The average molecular weight is 393 g/mol. The first-order valence-corrected chi connectivity index (χ1v) is 10.0. The van der Waals surface area contributed by atoms with E-state index in [2.05, 4.69) is 15.3 Å². The number of fused-ring (bicyclic) bond motifs is 1. The number of aromatic nitrogens is 3. The zero-order valence-corrected chi connectivity index (χ0v) is 16.0. The molecule has 0 aliphatic carbocycles. The highest BCUT2D eigenvalue weighted by molar-refractivity contribution is 7.90. The van der Waals surface area contributed by atoms with E-state index in [0.29, 0.717) is 16.3 Å². The molecule has 7 nitrogen and oxygen atoms in total. The minimum Gasteiger partial charge on any atom is -0.344 e. The van der Waals surface area contributed by atoms with E-state index >= 15 is 0 Å². The Hall–Kier alpha value is -2.45. The fourth-order valence-electron chi connectivity index (χ4n) is 2.62. The number of aryl methyl sites for hydroxylation is 1. The van der Waals surface area contributed by atoms with Crippen molar-refractivity contribution < 1.29 is 13.2 Å². The van der Waals surface area contributed by atoms with Gasteiger partial charge >= 0.3 is 0 Å². The van der Waals surface area contributed by atoms with E-state index in [9.17, 15) is 13.2 Å². The molecule has 26 heavy (non-hydrogen) atoms. The number of benzene rings is 1. The Morgan fingerprint density at radius 3 is 2.50 bits per heavy atom. The summed E-state index contributed by atoms with van der Waals surface area (Å²) in [5.74, 6) is -0.264. The summed E-state index contributed by atoms with van der Waals surface area (Å²) in [6, 6.07) is 6.83. The molecule has 0 bridgehead atoms. The zero-order chi connectivity index (χ0) is 19.1. The van der Waals surface area contributed by atoms with Crippen molar-refractivity contribution in [2.75, 3.05) is 6.26 Å². The van der Waals surface area contributed by atoms with E-state index in [1.54, 1.807) is 36.7 Å². The van der Waals surface area contributed by atoms with E-state index < -0.39 is 15.9 Å². The Bertz CT molecular complexity index is 1090. The predicted molar refractivity (Wildman–Crippen MR) is 99.0 cm³/mol. The van der Waals surface area contributed by atoms with Gasteiger partial charge in [0, 0.05) is 47.2 Å². The number of hydrogen-bond donors (Lipinski definition) is 1. The second kappa shape index (κ2) is 6.69. The number of carbonyl (C=O) groups excluding carboxylic acids is 1. The number of carbonyl (C=O) groups is 1. The summed E-state index contributed by atoms with van der Waals surface area (Å²) in [4.78, 5) is 20.3. The molecule has 2 heterocycles. The van der Waals surface area contributed by atoms with Crippen LogP contribution in [0.2, 0.25) is 5.02 Å². The molecule has 0 saturated heterocycles. The molecule has 0 fully saturated rings. The summed E-state index contributed by atoms with van der Waals surface area (Å²) in [5.41, 5.74) is 1.95. The molecule has 0 spiro atoms. The third-order valence-electron chi connectivity index (χ3n) is 4.07. The Morgan fingerprint density at radius 2 is 1.88 bits per heavy atom. The second-order valence-corrected chi connectivity index (χ2v) is 8.40. The number of halogens is 1. The Labute approximate surface area is 155 Å². The van der Waals surface area contributed by atoms with Crippen LogP contribution in [0.3, 0.4) is 0 Å². The lowest BCUT2D eigenvalue weighted by Gasteiger charge is -2.14. The molecule has 3 aromatic rings. The highest BCUT2D eigenvalue weighted by Crippen LogP contribution is 2.23. The average Bonchev–Trinajstić information content (AvgIpc) is 2.91. The van der Waals surface area contributed by atoms with Crippen LogP contribution < -0.4 is 5.32 Å². The van der Waals surface area contributed by atoms with E-state index in [4.69, 9.17) is 11.6 Å². The molecule has 136 valence electrons. The fourth-order valence-corrected chi connectivity index (χ4v) is 3.27. The Balaban J connectivity index is 1.82. The number of rotatable bonds is 4. The Kier molecular flexibility index (Phi) is 4.72. The lowest BCUT2D eigenvalue weighted by Crippen LogP contribution is -2.28. The van der Waals surface area contributed by atoms with Crippen LogP contribution in [-0.4, -0.2) is 35.1 Å². The number of hydrogen-bond acceptors (Lipinski definition) is 5. The van der Waals surface area contributed by atoms with Gasteiger partial charge in [0.25, 0.3) is 5.91 Å². The maximum atomic E-state index is 12.6. The molecule has 9 heteroatoms. The molecule has 1 N–H and O–H groups in total. The molecule has 0 radical (unpaired) electrons. The predicted octanol–water partition coefficient (Wildman–Crippen LogP) is 2.52. The smallest absolute Gasteiger partial charge is 0.268 e. The van der Waals surface area contributed by atoms with Crippen LogP contribution in [0.1, 0.15) is 29.0 Å². The van der Waals surface area contributed by atoms with Crippen molar-refractivity contribution in [3.63, 3.8) is 0 Å². The van der Waals surface area contributed by atoms with Gasteiger partial charge < -0.3 is 9.88 Å². The number of nitrogens with one attached hydrogen (secondary N) is 1. The van der Waals surface area contributed by atoms with Crippen molar-refractivity contribution in [1.29, 1.82) is 0 Å². The first kappa shape index (κ1) is 18.3. The van der Waals surface area contributed by atoms with Crippen molar-refractivity contribution in [3.8, 4) is 0 Å². The second-order valence-electron chi connectivity index (χ2n) is 6.06. The highest BCUT2D eigenvalue weighted by atomic mass is 35.5. The lowest BCUT2D eigenvalue weighted by molar-refractivity contribution is 0.0932. The largest absolute Gasteiger partial charge is 0.344 e. The van der Waals surface area contributed by atoms with Gasteiger partial charge in [-0.3, -0.25) is 4.79 Å². The summed E-state index contributed by atoms with van der Waals surface area (Å²) in [5, 5.41) is 4.13. The monoisotopic (exact) mass is 392 g/mol. The van der Waals surface area contributed by atoms with E-state index in [1.807, 2.05) is 6.07 Å². The van der Waals surface area contributed by atoms with Crippen molar-refractivity contribution in [3.05, 3.63) is 52.9 Å². The van der Waals surface area contributed by atoms with E-state index in [1.165, 1.54) is 12.4 Å². The first-order valence-electron chi connectivity index (χ1n) is 7.74. The maximum Gasteiger partial charge on any atom is 0.268 e. The van der Waals surface area contributed by atoms with Gasteiger partial charge in [0.05, 0.1) is 6.04 Å². The molecule has 3 rings (SSSR count). The normalized spacial score (nSPS) is 12.9. The molecule has 0 saturated carbocycles. The van der Waals surface area contributed by atoms with Crippen LogP contribution in [0.5, 0.6) is 0 Å². The summed E-state index contributed by atoms with van der Waals surface area (Å²) in [6.07, 6.45) is 3.84. The fraction of sp³-hybridized carbons (Fsp3) is 0.235. The summed E-state index contributed by atoms with van der Waals surface area (Å²) >= 11 is 6.02. The topological polar surface area (TPSA) is 94.0 Å². The van der Waals surface area contributed by atoms with Crippen LogP contribution in [0.15, 0.2) is 41.8 Å². The first-order chi connectivity index (χ1) is 12.2. The molecule has 1 unspecified atom stereocenters. The molecule has 1 atom stereocenters. The molecule has 1 amide bonds. The Morgan fingerprint density at radius 1 is 1.23 bits per heavy atom. The molecule has 0 aliphatic rings. The van der Waals surface area contributed by atoms with Gasteiger partial charge in [-0.25, -0.2) is 18.4 Å². The van der Waals surface area contributed by atoms with Crippen LogP contribution in [-0.2, 0) is 16.9 Å². The van der Waals surface area contributed by atoms with Gasteiger partial charge in [-0.05, 0) is 25.1 Å². The van der Waals surface area contributed by atoms with E-state index in [0.717, 1.165) is 17.2 Å². The van der Waals surface area contributed by atoms with Crippen molar-refractivity contribution in [2.24, 2.45) is 7.05 Å². The van der Waals surface area contributed by atoms with Crippen molar-refractivity contribution in [1.82, 2.24) is 19.9 Å². The van der Waals surface area contributed by atoms with Gasteiger partial charge in [0.15, 0.2) is 0 Å². The van der Waals surface area contributed by atoms with Gasteiger partial charge in [0.1, 0.15) is 5.69 Å².